The van der Waals surface area contributed by atoms with E-state index in [1.807, 2.05) is 40.9 Å². The number of pyridine rings is 2. The molecule has 3 heteroatoms. The number of aromatic nitrogens is 2. The van der Waals surface area contributed by atoms with Gasteiger partial charge in [0.05, 0.1) is 5.69 Å². The minimum Gasteiger partial charge on any atom is -0.313 e. The summed E-state index contributed by atoms with van der Waals surface area (Å²) >= 11 is 0. The topological polar surface area (TPSA) is 34.4 Å². The molecule has 0 spiro atoms. The highest BCUT2D eigenvalue weighted by atomic mass is 16.1. The molecule has 3 heterocycles. The van der Waals surface area contributed by atoms with E-state index in [1.54, 1.807) is 12.4 Å². The van der Waals surface area contributed by atoms with E-state index in [9.17, 15) is 4.79 Å². The van der Waals surface area contributed by atoms with Crippen molar-refractivity contribution in [2.75, 3.05) is 0 Å². The van der Waals surface area contributed by atoms with Gasteiger partial charge in [0.1, 0.15) is 0 Å². The molecule has 1 aliphatic rings. The van der Waals surface area contributed by atoms with Crippen LogP contribution >= 0.6 is 0 Å². The van der Waals surface area contributed by atoms with Crippen LogP contribution in [0.1, 0.15) is 33.6 Å². The van der Waals surface area contributed by atoms with E-state index in [4.69, 9.17) is 0 Å². The average molecular weight is 288 g/mol. The molecule has 0 fully saturated rings. The number of Topliss-reactive ketones (excluding diaryl/α,β-unsaturated/α-hetero) is 1. The first kappa shape index (κ1) is 13.0. The highest BCUT2D eigenvalue weighted by Crippen LogP contribution is 2.32. The third-order valence-electron chi connectivity index (χ3n) is 4.40. The summed E-state index contributed by atoms with van der Waals surface area (Å²) in [6, 6.07) is 9.93. The summed E-state index contributed by atoms with van der Waals surface area (Å²) in [5.41, 5.74) is 6.22. The molecule has 0 aromatic carbocycles. The second kappa shape index (κ2) is 4.95. The Kier molecular flexibility index (Phi) is 2.93. The first-order chi connectivity index (χ1) is 10.8. The third kappa shape index (κ3) is 1.90. The fourth-order valence-electron chi connectivity index (χ4n) is 3.30. The van der Waals surface area contributed by atoms with Crippen molar-refractivity contribution in [3.05, 3.63) is 76.9 Å². The van der Waals surface area contributed by atoms with E-state index < -0.39 is 0 Å². The molecule has 0 atom stereocenters. The van der Waals surface area contributed by atoms with Gasteiger partial charge in [-0.2, -0.15) is 0 Å². The van der Waals surface area contributed by atoms with Crippen LogP contribution in [-0.4, -0.2) is 15.2 Å². The van der Waals surface area contributed by atoms with Gasteiger partial charge in [0.2, 0.25) is 5.78 Å². The van der Waals surface area contributed by atoms with Crippen LogP contribution in [-0.2, 0) is 6.42 Å². The highest BCUT2D eigenvalue weighted by molar-refractivity contribution is 6.13. The van der Waals surface area contributed by atoms with Gasteiger partial charge in [-0.05, 0) is 60.7 Å². The first-order valence-corrected chi connectivity index (χ1v) is 7.49. The van der Waals surface area contributed by atoms with Crippen molar-refractivity contribution >= 4 is 17.4 Å². The molecule has 0 amide bonds. The van der Waals surface area contributed by atoms with Crippen LogP contribution in [0, 0.1) is 6.92 Å². The number of carbonyl (C=O) groups is 1. The summed E-state index contributed by atoms with van der Waals surface area (Å²) in [5, 5.41) is 0. The fraction of sp³-hybridized carbons (Fsp3) is 0.158. The second-order valence-corrected chi connectivity index (χ2v) is 5.69. The van der Waals surface area contributed by atoms with Crippen molar-refractivity contribution in [2.24, 2.45) is 0 Å². The van der Waals surface area contributed by atoms with Gasteiger partial charge in [0, 0.05) is 29.7 Å². The maximum absolute atomic E-state index is 12.9. The largest absolute Gasteiger partial charge is 0.313 e. The maximum atomic E-state index is 12.9. The lowest BCUT2D eigenvalue weighted by Gasteiger charge is -2.15. The zero-order valence-corrected chi connectivity index (χ0v) is 12.4. The summed E-state index contributed by atoms with van der Waals surface area (Å²) in [5.74, 6) is 0.138. The summed E-state index contributed by atoms with van der Waals surface area (Å²) in [6.45, 7) is 2.11. The predicted molar refractivity (Wildman–Crippen MR) is 87.0 cm³/mol. The zero-order chi connectivity index (χ0) is 15.1. The smallest absolute Gasteiger partial charge is 0.206 e. The Morgan fingerprint density at radius 1 is 1.18 bits per heavy atom. The number of aryl methyl sites for hydroxylation is 1. The normalized spacial score (nSPS) is 16.2. The molecule has 0 saturated heterocycles. The lowest BCUT2D eigenvalue weighted by Crippen LogP contribution is -2.15. The van der Waals surface area contributed by atoms with Gasteiger partial charge in [-0.3, -0.25) is 9.78 Å². The standard InChI is InChI=1S/C19H16N2O/c1-13-16-8-7-15(11-14-5-4-9-20-12-14)19(22)18(16)21-10-3-2-6-17(13)21/h2-6,9-12H,7-8H2,1H3. The van der Waals surface area contributed by atoms with Crippen molar-refractivity contribution in [2.45, 2.75) is 19.8 Å². The number of hydrogen-bond acceptors (Lipinski definition) is 2. The third-order valence-corrected chi connectivity index (χ3v) is 4.40. The Balaban J connectivity index is 1.87. The molecule has 3 nitrogen and oxygen atoms in total. The van der Waals surface area contributed by atoms with E-state index >= 15 is 0 Å². The van der Waals surface area contributed by atoms with Crippen molar-refractivity contribution < 1.29 is 4.79 Å². The highest BCUT2D eigenvalue weighted by Gasteiger charge is 2.27. The number of fused-ring (bicyclic) bond motifs is 3. The van der Waals surface area contributed by atoms with Crippen LogP contribution in [0.4, 0.5) is 0 Å². The number of ketones is 1. The maximum Gasteiger partial charge on any atom is 0.206 e. The molecular weight excluding hydrogens is 272 g/mol. The summed E-state index contributed by atoms with van der Waals surface area (Å²) in [7, 11) is 0. The van der Waals surface area contributed by atoms with Crippen molar-refractivity contribution in [1.82, 2.24) is 9.38 Å². The monoisotopic (exact) mass is 288 g/mol. The van der Waals surface area contributed by atoms with Gasteiger partial charge in [0.15, 0.2) is 0 Å². The van der Waals surface area contributed by atoms with Crippen LogP contribution in [0.15, 0.2) is 54.5 Å². The summed E-state index contributed by atoms with van der Waals surface area (Å²) in [6.07, 6.45) is 9.19. The molecule has 3 aromatic heterocycles. The zero-order valence-electron chi connectivity index (χ0n) is 12.4. The fourth-order valence-corrected chi connectivity index (χ4v) is 3.30. The van der Waals surface area contributed by atoms with Gasteiger partial charge >= 0.3 is 0 Å². The van der Waals surface area contributed by atoms with Crippen LogP contribution in [0.3, 0.4) is 0 Å². The van der Waals surface area contributed by atoms with Gasteiger partial charge in [-0.25, -0.2) is 0 Å². The van der Waals surface area contributed by atoms with E-state index in [-0.39, 0.29) is 5.78 Å². The van der Waals surface area contributed by atoms with Crippen LogP contribution < -0.4 is 0 Å². The van der Waals surface area contributed by atoms with Crippen LogP contribution in [0.2, 0.25) is 0 Å². The Hall–Kier alpha value is -2.68. The lowest BCUT2D eigenvalue weighted by molar-refractivity contribution is 0.102. The van der Waals surface area contributed by atoms with E-state index in [0.29, 0.717) is 0 Å². The van der Waals surface area contributed by atoms with Crippen molar-refractivity contribution in [3.63, 3.8) is 0 Å². The number of carbonyl (C=O) groups excluding carboxylic acids is 1. The Labute approximate surface area is 128 Å². The second-order valence-electron chi connectivity index (χ2n) is 5.69. The SMILES string of the molecule is Cc1c2c(n3ccccc13)C(=O)C(=Cc1cccnc1)CC2. The Bertz CT molecular complexity index is 904. The van der Waals surface area contributed by atoms with E-state index in [1.165, 1.54) is 11.1 Å². The number of hydrogen-bond donors (Lipinski definition) is 0. The number of nitrogens with zero attached hydrogens (tertiary/aromatic N) is 2. The first-order valence-electron chi connectivity index (χ1n) is 7.49. The molecule has 0 bridgehead atoms. The summed E-state index contributed by atoms with van der Waals surface area (Å²) < 4.78 is 2.03. The molecule has 0 aliphatic heterocycles. The van der Waals surface area contributed by atoms with Gasteiger partial charge < -0.3 is 4.40 Å². The molecule has 1 aliphatic carbocycles. The number of rotatable bonds is 1. The molecule has 0 radical (unpaired) electrons. The van der Waals surface area contributed by atoms with Crippen LogP contribution in [0.5, 0.6) is 0 Å². The molecule has 22 heavy (non-hydrogen) atoms. The summed E-state index contributed by atoms with van der Waals surface area (Å²) in [4.78, 5) is 17.1. The minimum atomic E-state index is 0.138. The molecule has 0 N–H and O–H groups in total. The molecule has 4 rings (SSSR count). The Morgan fingerprint density at radius 2 is 2.09 bits per heavy atom. The minimum absolute atomic E-state index is 0.138. The molecule has 0 unspecified atom stereocenters. The lowest BCUT2D eigenvalue weighted by atomic mass is 9.89. The Morgan fingerprint density at radius 3 is 2.91 bits per heavy atom. The molecular formula is C19H16N2O. The van der Waals surface area contributed by atoms with E-state index in [2.05, 4.69) is 18.0 Å². The van der Waals surface area contributed by atoms with E-state index in [0.717, 1.165) is 35.2 Å². The van der Waals surface area contributed by atoms with Gasteiger partial charge in [0.25, 0.3) is 0 Å². The predicted octanol–water partition coefficient (Wildman–Crippen LogP) is 3.86. The average Bonchev–Trinajstić information content (AvgIpc) is 2.85. The van der Waals surface area contributed by atoms with Gasteiger partial charge in [-0.1, -0.05) is 12.1 Å². The van der Waals surface area contributed by atoms with Crippen molar-refractivity contribution in [3.8, 4) is 0 Å². The molecule has 3 aromatic rings. The van der Waals surface area contributed by atoms with Crippen LogP contribution in [0.25, 0.3) is 11.6 Å². The number of allylic oxidation sites excluding steroid dienone is 1. The quantitative estimate of drug-likeness (QED) is 0.637. The molecule has 108 valence electrons. The van der Waals surface area contributed by atoms with Gasteiger partial charge in [-0.15, -0.1) is 0 Å². The molecule has 0 saturated carbocycles. The van der Waals surface area contributed by atoms with Crippen molar-refractivity contribution in [1.29, 1.82) is 0 Å².